The van der Waals surface area contributed by atoms with E-state index in [4.69, 9.17) is 0 Å². The normalized spacial score (nSPS) is 11.7. The second-order valence-electron chi connectivity index (χ2n) is 6.01. The predicted molar refractivity (Wildman–Crippen MR) is 130 cm³/mol. The number of hydrogen-bond acceptors (Lipinski definition) is 6. The Labute approximate surface area is 193 Å². The van der Waals surface area contributed by atoms with E-state index in [0.717, 1.165) is 46.5 Å². The number of aromatic nitrogens is 2. The van der Waals surface area contributed by atoms with Crippen molar-refractivity contribution >= 4 is 77.2 Å². The van der Waals surface area contributed by atoms with Crippen LogP contribution in [0.5, 0.6) is 0 Å². The summed E-state index contributed by atoms with van der Waals surface area (Å²) in [5.41, 5.74) is 2.08. The topological polar surface area (TPSA) is 50.5 Å². The summed E-state index contributed by atoms with van der Waals surface area (Å²) in [6, 6.07) is 16.0. The van der Waals surface area contributed by atoms with Crippen molar-refractivity contribution in [1.29, 1.82) is 0 Å². The lowest BCUT2D eigenvalue weighted by Gasteiger charge is -1.92. The number of hydrogen-bond donors (Lipinski definition) is 0. The van der Waals surface area contributed by atoms with E-state index >= 15 is 0 Å². The largest absolute Gasteiger partial charge is 0.227 e. The van der Waals surface area contributed by atoms with Crippen LogP contribution in [0, 0.1) is 0 Å². The Morgan fingerprint density at radius 2 is 1.10 bits per heavy atom. The highest BCUT2D eigenvalue weighted by Crippen LogP contribution is 2.28. The molecule has 4 rings (SSSR count). The predicted octanol–water partition coefficient (Wildman–Crippen LogP) is 7.22. The lowest BCUT2D eigenvalue weighted by atomic mass is 10.2. The molecule has 0 unspecified atom stereocenters. The van der Waals surface area contributed by atoms with Crippen LogP contribution in [0.25, 0.3) is 0 Å². The van der Waals surface area contributed by atoms with Gasteiger partial charge >= 0.3 is 0 Å². The molecule has 0 radical (unpaired) electrons. The molecule has 0 aliphatic heterocycles. The zero-order valence-corrected chi connectivity index (χ0v) is 19.8. The van der Waals surface area contributed by atoms with Gasteiger partial charge in [0.15, 0.2) is 0 Å². The van der Waals surface area contributed by atoms with Crippen LogP contribution in [0.15, 0.2) is 79.9 Å². The quantitative estimate of drug-likeness (QED) is 0.240. The molecule has 0 saturated heterocycles. The van der Waals surface area contributed by atoms with Crippen LogP contribution in [0.1, 0.15) is 20.9 Å². The van der Waals surface area contributed by atoms with Crippen LogP contribution < -0.4 is 0 Å². The first-order valence-electron chi connectivity index (χ1n) is 8.63. The highest BCUT2D eigenvalue weighted by atomic mass is 79.9. The maximum absolute atomic E-state index is 4.47. The maximum Gasteiger partial charge on any atom is 0.209 e. The standard InChI is InChI=1S/C21H14Br2N4S2/c22-16-5-1-14(2-6-16)10-24-20-26-12-18(28-20)9-19-13-27-21(29-19)25-11-15-3-7-17(23)8-4-15/h1-8,10-13H,9H2/b24-10+,25-11+. The van der Waals surface area contributed by atoms with Crippen LogP contribution in [-0.2, 0) is 6.42 Å². The van der Waals surface area contributed by atoms with Crippen molar-refractivity contribution in [2.45, 2.75) is 6.42 Å². The molecular formula is C21H14Br2N4S2. The first-order chi connectivity index (χ1) is 14.1. The molecule has 0 spiro atoms. The van der Waals surface area contributed by atoms with Crippen LogP contribution in [-0.4, -0.2) is 22.4 Å². The number of rotatable bonds is 6. The van der Waals surface area contributed by atoms with Gasteiger partial charge in [-0.3, -0.25) is 0 Å². The van der Waals surface area contributed by atoms with E-state index in [0.29, 0.717) is 0 Å². The molecule has 4 nitrogen and oxygen atoms in total. The number of halogens is 2. The number of aliphatic imine (C=N–C) groups is 2. The highest BCUT2D eigenvalue weighted by Gasteiger charge is 2.06. The third kappa shape index (κ3) is 5.99. The number of nitrogens with zero attached hydrogens (tertiary/aromatic N) is 4. The van der Waals surface area contributed by atoms with E-state index in [1.165, 1.54) is 0 Å². The zero-order valence-electron chi connectivity index (χ0n) is 15.0. The molecular weight excluding hydrogens is 532 g/mol. The maximum atomic E-state index is 4.47. The van der Waals surface area contributed by atoms with Gasteiger partial charge in [0.05, 0.1) is 0 Å². The van der Waals surface area contributed by atoms with E-state index in [1.54, 1.807) is 22.7 Å². The van der Waals surface area contributed by atoms with Crippen molar-refractivity contribution in [2.75, 3.05) is 0 Å². The molecule has 0 atom stereocenters. The van der Waals surface area contributed by atoms with Crippen LogP contribution in [0.3, 0.4) is 0 Å². The third-order valence-electron chi connectivity index (χ3n) is 3.82. The molecule has 0 bridgehead atoms. The van der Waals surface area contributed by atoms with Gasteiger partial charge in [0.1, 0.15) is 0 Å². The Morgan fingerprint density at radius 1 is 0.690 bits per heavy atom. The summed E-state index contributed by atoms with van der Waals surface area (Å²) < 4.78 is 2.10. The second kappa shape index (κ2) is 9.67. The van der Waals surface area contributed by atoms with Gasteiger partial charge in [-0.15, -0.1) is 0 Å². The van der Waals surface area contributed by atoms with Gasteiger partial charge in [0.2, 0.25) is 10.3 Å². The van der Waals surface area contributed by atoms with Crippen LogP contribution in [0.4, 0.5) is 10.3 Å². The molecule has 0 aliphatic rings. The van der Waals surface area contributed by atoms with E-state index in [1.807, 2.05) is 73.4 Å². The molecule has 0 fully saturated rings. The fourth-order valence-electron chi connectivity index (χ4n) is 2.41. The molecule has 2 aromatic heterocycles. The molecule has 8 heteroatoms. The second-order valence-corrected chi connectivity index (χ2v) is 10.0. The fourth-order valence-corrected chi connectivity index (χ4v) is 4.58. The summed E-state index contributed by atoms with van der Waals surface area (Å²) >= 11 is 10.0. The van der Waals surface area contributed by atoms with E-state index < -0.39 is 0 Å². The number of thiazole rings is 2. The molecule has 2 aromatic carbocycles. The Kier molecular flexibility index (Phi) is 6.76. The molecule has 144 valence electrons. The molecule has 29 heavy (non-hydrogen) atoms. The van der Waals surface area contributed by atoms with E-state index in [2.05, 4.69) is 51.8 Å². The third-order valence-corrected chi connectivity index (χ3v) is 6.69. The fraction of sp³-hybridized carbons (Fsp3) is 0.0476. The Bertz CT molecular complexity index is 1050. The van der Waals surface area contributed by atoms with Crippen LogP contribution in [0.2, 0.25) is 0 Å². The molecule has 2 heterocycles. The zero-order chi connectivity index (χ0) is 20.1. The minimum Gasteiger partial charge on any atom is -0.227 e. The molecule has 4 aromatic rings. The van der Waals surface area contributed by atoms with Crippen molar-refractivity contribution in [2.24, 2.45) is 9.98 Å². The van der Waals surface area contributed by atoms with Gasteiger partial charge in [0, 0.05) is 49.9 Å². The highest BCUT2D eigenvalue weighted by molar-refractivity contribution is 9.10. The van der Waals surface area contributed by atoms with Gasteiger partial charge in [-0.1, -0.05) is 78.8 Å². The summed E-state index contributed by atoms with van der Waals surface area (Å²) in [7, 11) is 0. The van der Waals surface area contributed by atoms with Gasteiger partial charge < -0.3 is 0 Å². The Balaban J connectivity index is 1.37. The first kappa shape index (κ1) is 20.3. The van der Waals surface area contributed by atoms with E-state index in [-0.39, 0.29) is 0 Å². The molecule has 0 saturated carbocycles. The van der Waals surface area contributed by atoms with Gasteiger partial charge in [-0.05, 0) is 35.4 Å². The minimum absolute atomic E-state index is 0.751. The van der Waals surface area contributed by atoms with Gasteiger partial charge in [0.25, 0.3) is 0 Å². The summed E-state index contributed by atoms with van der Waals surface area (Å²) in [6.45, 7) is 0. The minimum atomic E-state index is 0.751. The summed E-state index contributed by atoms with van der Waals surface area (Å²) in [5.74, 6) is 0. The molecule has 0 aliphatic carbocycles. The van der Waals surface area contributed by atoms with Crippen molar-refractivity contribution in [3.05, 3.63) is 90.8 Å². The average Bonchev–Trinajstić information content (AvgIpc) is 3.37. The first-order valence-corrected chi connectivity index (χ1v) is 11.8. The average molecular weight is 546 g/mol. The lowest BCUT2D eigenvalue weighted by Crippen LogP contribution is -1.78. The summed E-state index contributed by atoms with van der Waals surface area (Å²) in [6.07, 6.45) is 8.21. The summed E-state index contributed by atoms with van der Waals surface area (Å²) in [4.78, 5) is 20.0. The monoisotopic (exact) mass is 544 g/mol. The van der Waals surface area contributed by atoms with Crippen LogP contribution >= 0.6 is 54.5 Å². The SMILES string of the molecule is Brc1ccc(/C=N/c2ncc(Cc3cnc(/N=C/c4ccc(Br)cc4)s3)s2)cc1. The molecule has 0 amide bonds. The van der Waals surface area contributed by atoms with E-state index in [9.17, 15) is 0 Å². The lowest BCUT2D eigenvalue weighted by molar-refractivity contribution is 1.23. The Morgan fingerprint density at radius 3 is 1.52 bits per heavy atom. The van der Waals surface area contributed by atoms with Crippen molar-refractivity contribution in [1.82, 2.24) is 9.97 Å². The van der Waals surface area contributed by atoms with Gasteiger partial charge in [-0.25, -0.2) is 20.0 Å². The van der Waals surface area contributed by atoms with Crippen molar-refractivity contribution < 1.29 is 0 Å². The summed E-state index contributed by atoms with van der Waals surface area (Å²) in [5, 5.41) is 1.50. The van der Waals surface area contributed by atoms with Crippen molar-refractivity contribution in [3.63, 3.8) is 0 Å². The van der Waals surface area contributed by atoms with Crippen molar-refractivity contribution in [3.8, 4) is 0 Å². The number of benzene rings is 2. The van der Waals surface area contributed by atoms with Gasteiger partial charge in [-0.2, -0.15) is 0 Å². The smallest absolute Gasteiger partial charge is 0.209 e. The molecule has 0 N–H and O–H groups in total. The Hall–Kier alpha value is -2.00.